The van der Waals surface area contributed by atoms with E-state index in [1.54, 1.807) is 19.2 Å². The Morgan fingerprint density at radius 2 is 1.71 bits per heavy atom. The highest BCUT2D eigenvalue weighted by atomic mass is 16.5. The van der Waals surface area contributed by atoms with E-state index >= 15 is 0 Å². The fourth-order valence-electron chi connectivity index (χ4n) is 3.61. The molecule has 2 rings (SSSR count). The van der Waals surface area contributed by atoms with Crippen molar-refractivity contribution in [3.63, 3.8) is 0 Å². The second kappa shape index (κ2) is 12.4. The van der Waals surface area contributed by atoms with Crippen molar-refractivity contribution in [3.8, 4) is 5.75 Å². The summed E-state index contributed by atoms with van der Waals surface area (Å²) in [5.74, 6) is 0.488. The van der Waals surface area contributed by atoms with Gasteiger partial charge in [-0.15, -0.1) is 0 Å². The summed E-state index contributed by atoms with van der Waals surface area (Å²) in [4.78, 5) is 26.7. The van der Waals surface area contributed by atoms with E-state index < -0.39 is 0 Å². The van der Waals surface area contributed by atoms with Crippen molar-refractivity contribution in [2.45, 2.75) is 64.7 Å². The maximum Gasteiger partial charge on any atom is 0.309 e. The van der Waals surface area contributed by atoms with Gasteiger partial charge in [0.15, 0.2) is 0 Å². The molecule has 0 bridgehead atoms. The SMILES string of the molecule is CCCCCCCCCOC(=O)C1CCN(C(=O)c2cccc(OC)c2)CC1. The van der Waals surface area contributed by atoms with Crippen LogP contribution in [0.4, 0.5) is 0 Å². The van der Waals surface area contributed by atoms with Crippen LogP contribution in [0.5, 0.6) is 5.75 Å². The molecular formula is C23H35NO4. The minimum Gasteiger partial charge on any atom is -0.497 e. The molecular weight excluding hydrogens is 354 g/mol. The number of carbonyl (C=O) groups is 2. The Labute approximate surface area is 169 Å². The molecule has 1 aromatic carbocycles. The van der Waals surface area contributed by atoms with Crippen molar-refractivity contribution in [2.24, 2.45) is 5.92 Å². The number of hydrogen-bond acceptors (Lipinski definition) is 4. The number of nitrogens with zero attached hydrogens (tertiary/aromatic N) is 1. The smallest absolute Gasteiger partial charge is 0.309 e. The molecule has 0 aliphatic carbocycles. The third-order valence-electron chi connectivity index (χ3n) is 5.42. The Balaban J connectivity index is 1.64. The van der Waals surface area contributed by atoms with E-state index in [0.717, 1.165) is 12.8 Å². The number of unbranched alkanes of at least 4 members (excludes halogenated alkanes) is 6. The normalized spacial score (nSPS) is 14.7. The molecule has 5 heteroatoms. The number of rotatable bonds is 11. The predicted molar refractivity (Wildman–Crippen MR) is 111 cm³/mol. The summed E-state index contributed by atoms with van der Waals surface area (Å²) in [5, 5.41) is 0. The maximum absolute atomic E-state index is 12.6. The summed E-state index contributed by atoms with van der Waals surface area (Å²) in [6, 6.07) is 7.20. The van der Waals surface area contributed by atoms with E-state index in [-0.39, 0.29) is 17.8 Å². The van der Waals surface area contributed by atoms with Crippen molar-refractivity contribution < 1.29 is 19.1 Å². The number of carbonyl (C=O) groups excluding carboxylic acids is 2. The highest BCUT2D eigenvalue weighted by Crippen LogP contribution is 2.22. The molecule has 1 saturated heterocycles. The zero-order valence-electron chi connectivity index (χ0n) is 17.5. The number of ether oxygens (including phenoxy) is 2. The van der Waals surface area contributed by atoms with Gasteiger partial charge in [0.25, 0.3) is 5.91 Å². The van der Waals surface area contributed by atoms with Gasteiger partial charge in [-0.2, -0.15) is 0 Å². The lowest BCUT2D eigenvalue weighted by atomic mass is 9.96. The monoisotopic (exact) mass is 389 g/mol. The molecule has 0 aromatic heterocycles. The van der Waals surface area contributed by atoms with E-state index in [0.29, 0.717) is 43.9 Å². The van der Waals surface area contributed by atoms with Crippen LogP contribution >= 0.6 is 0 Å². The summed E-state index contributed by atoms with van der Waals surface area (Å²) >= 11 is 0. The van der Waals surface area contributed by atoms with Crippen molar-refractivity contribution >= 4 is 11.9 Å². The average Bonchev–Trinajstić information content (AvgIpc) is 2.75. The summed E-state index contributed by atoms with van der Waals surface area (Å²) in [6.07, 6.45) is 9.81. The molecule has 156 valence electrons. The molecule has 1 aromatic rings. The molecule has 1 heterocycles. The second-order valence-electron chi connectivity index (χ2n) is 7.59. The first kappa shape index (κ1) is 22.3. The molecule has 1 aliphatic rings. The number of hydrogen-bond donors (Lipinski definition) is 0. The van der Waals surface area contributed by atoms with Crippen LogP contribution in [0.2, 0.25) is 0 Å². The zero-order chi connectivity index (χ0) is 20.2. The Hall–Kier alpha value is -2.04. The third-order valence-corrected chi connectivity index (χ3v) is 5.42. The lowest BCUT2D eigenvalue weighted by Crippen LogP contribution is -2.40. The zero-order valence-corrected chi connectivity index (χ0v) is 17.5. The highest BCUT2D eigenvalue weighted by Gasteiger charge is 2.28. The molecule has 1 aliphatic heterocycles. The number of likely N-dealkylation sites (tertiary alicyclic amines) is 1. The molecule has 0 unspecified atom stereocenters. The van der Waals surface area contributed by atoms with Gasteiger partial charge in [0.1, 0.15) is 5.75 Å². The second-order valence-corrected chi connectivity index (χ2v) is 7.59. The van der Waals surface area contributed by atoms with Crippen molar-refractivity contribution in [2.75, 3.05) is 26.8 Å². The van der Waals surface area contributed by atoms with Gasteiger partial charge in [0.2, 0.25) is 0 Å². The lowest BCUT2D eigenvalue weighted by molar-refractivity contribution is -0.150. The first-order chi connectivity index (χ1) is 13.7. The van der Waals surface area contributed by atoms with E-state index in [2.05, 4.69) is 6.92 Å². The van der Waals surface area contributed by atoms with Crippen molar-refractivity contribution in [1.82, 2.24) is 4.90 Å². The number of benzene rings is 1. The van der Waals surface area contributed by atoms with Crippen LogP contribution in [0.1, 0.15) is 75.1 Å². The van der Waals surface area contributed by atoms with Gasteiger partial charge >= 0.3 is 5.97 Å². The van der Waals surface area contributed by atoms with Gasteiger partial charge in [-0.05, 0) is 37.5 Å². The molecule has 0 saturated carbocycles. The van der Waals surface area contributed by atoms with E-state index in [1.807, 2.05) is 17.0 Å². The van der Waals surface area contributed by atoms with Crippen LogP contribution < -0.4 is 4.74 Å². The minimum absolute atomic E-state index is 0.00575. The fourth-order valence-corrected chi connectivity index (χ4v) is 3.61. The van der Waals surface area contributed by atoms with Gasteiger partial charge in [-0.1, -0.05) is 51.5 Å². The predicted octanol–water partition coefficient (Wildman–Crippen LogP) is 4.84. The van der Waals surface area contributed by atoms with Gasteiger partial charge in [0, 0.05) is 18.7 Å². The Morgan fingerprint density at radius 3 is 2.39 bits per heavy atom. The first-order valence-corrected chi connectivity index (χ1v) is 10.8. The van der Waals surface area contributed by atoms with E-state index in [4.69, 9.17) is 9.47 Å². The number of piperidine rings is 1. The Kier molecular flexibility index (Phi) is 9.87. The molecule has 1 amide bonds. The summed E-state index contributed by atoms with van der Waals surface area (Å²) in [6.45, 7) is 3.93. The largest absolute Gasteiger partial charge is 0.497 e. The molecule has 1 fully saturated rings. The molecule has 28 heavy (non-hydrogen) atoms. The highest BCUT2D eigenvalue weighted by molar-refractivity contribution is 5.94. The average molecular weight is 390 g/mol. The van der Waals surface area contributed by atoms with Crippen LogP contribution in [-0.4, -0.2) is 43.6 Å². The summed E-state index contributed by atoms with van der Waals surface area (Å²) < 4.78 is 10.6. The summed E-state index contributed by atoms with van der Waals surface area (Å²) in [7, 11) is 1.59. The van der Waals surface area contributed by atoms with Crippen LogP contribution in [0.3, 0.4) is 0 Å². The minimum atomic E-state index is -0.0977. The van der Waals surface area contributed by atoms with E-state index in [9.17, 15) is 9.59 Å². The number of esters is 1. The molecule has 0 radical (unpaired) electrons. The summed E-state index contributed by atoms with van der Waals surface area (Å²) in [5.41, 5.74) is 0.624. The van der Waals surface area contributed by atoms with Gasteiger partial charge < -0.3 is 14.4 Å². The van der Waals surface area contributed by atoms with Crippen molar-refractivity contribution in [1.29, 1.82) is 0 Å². The van der Waals surface area contributed by atoms with E-state index in [1.165, 1.54) is 32.1 Å². The lowest BCUT2D eigenvalue weighted by Gasteiger charge is -2.31. The number of methoxy groups -OCH3 is 1. The Bertz CT molecular complexity index is 608. The van der Waals surface area contributed by atoms with Crippen LogP contribution in [0.15, 0.2) is 24.3 Å². The van der Waals surface area contributed by atoms with Crippen LogP contribution in [0, 0.1) is 5.92 Å². The van der Waals surface area contributed by atoms with Gasteiger partial charge in [-0.25, -0.2) is 0 Å². The molecule has 0 N–H and O–H groups in total. The quantitative estimate of drug-likeness (QED) is 0.401. The third kappa shape index (κ3) is 7.17. The molecule has 5 nitrogen and oxygen atoms in total. The first-order valence-electron chi connectivity index (χ1n) is 10.8. The van der Waals surface area contributed by atoms with Crippen molar-refractivity contribution in [3.05, 3.63) is 29.8 Å². The van der Waals surface area contributed by atoms with Crippen LogP contribution in [-0.2, 0) is 9.53 Å². The Morgan fingerprint density at radius 1 is 1.04 bits per heavy atom. The number of amides is 1. The maximum atomic E-state index is 12.6. The topological polar surface area (TPSA) is 55.8 Å². The fraction of sp³-hybridized carbons (Fsp3) is 0.652. The van der Waals surface area contributed by atoms with Gasteiger partial charge in [0.05, 0.1) is 19.6 Å². The standard InChI is InChI=1S/C23H35NO4/c1-3-4-5-6-7-8-9-17-28-23(26)19-13-15-24(16-14-19)22(25)20-11-10-12-21(18-20)27-2/h10-12,18-19H,3-9,13-17H2,1-2H3. The van der Waals surface area contributed by atoms with Crippen LogP contribution in [0.25, 0.3) is 0 Å². The van der Waals surface area contributed by atoms with Gasteiger partial charge in [-0.3, -0.25) is 9.59 Å². The molecule has 0 atom stereocenters. The molecule has 0 spiro atoms.